The molecular weight excluding hydrogens is 248 g/mol. The van der Waals surface area contributed by atoms with Crippen LogP contribution in [0.4, 0.5) is 0 Å². The molecule has 0 aromatic heterocycles. The maximum absolute atomic E-state index is 3.61. The highest BCUT2D eigenvalue weighted by atomic mass is 15.3. The average Bonchev–Trinajstić information content (AvgIpc) is 2.51. The van der Waals surface area contributed by atoms with E-state index in [-0.39, 0.29) is 0 Å². The van der Waals surface area contributed by atoms with Gasteiger partial charge >= 0.3 is 0 Å². The first-order valence-electron chi connectivity index (χ1n) is 8.73. The highest BCUT2D eigenvalue weighted by molar-refractivity contribution is 4.85. The minimum Gasteiger partial charge on any atom is -0.314 e. The normalized spacial score (nSPS) is 25.1. The second-order valence-corrected chi connectivity index (χ2v) is 6.26. The molecular formula is C16H34N4. The summed E-state index contributed by atoms with van der Waals surface area (Å²) in [6.07, 6.45) is 4.28. The Kier molecular flexibility index (Phi) is 7.28. The number of nitrogens with zero attached hydrogens (tertiary/aromatic N) is 3. The Morgan fingerprint density at radius 2 is 1.90 bits per heavy atom. The van der Waals surface area contributed by atoms with Crippen molar-refractivity contribution in [1.82, 2.24) is 20.0 Å². The van der Waals surface area contributed by atoms with E-state index in [9.17, 15) is 0 Å². The number of piperazine rings is 1. The van der Waals surface area contributed by atoms with Gasteiger partial charge in [-0.25, -0.2) is 0 Å². The lowest BCUT2D eigenvalue weighted by atomic mass is 9.99. The largest absolute Gasteiger partial charge is 0.314 e. The molecule has 4 heteroatoms. The maximum atomic E-state index is 3.61. The summed E-state index contributed by atoms with van der Waals surface area (Å²) in [5.41, 5.74) is 0. The molecule has 0 aromatic carbocycles. The lowest BCUT2D eigenvalue weighted by molar-refractivity contribution is 0.0499. The summed E-state index contributed by atoms with van der Waals surface area (Å²) in [6.45, 7) is 16.7. The van der Waals surface area contributed by atoms with Gasteiger partial charge in [0, 0.05) is 51.9 Å². The van der Waals surface area contributed by atoms with Gasteiger partial charge in [0.25, 0.3) is 0 Å². The van der Waals surface area contributed by atoms with Gasteiger partial charge in [0.05, 0.1) is 0 Å². The van der Waals surface area contributed by atoms with Crippen molar-refractivity contribution in [3.05, 3.63) is 0 Å². The van der Waals surface area contributed by atoms with Crippen LogP contribution in [0, 0.1) is 0 Å². The summed E-state index contributed by atoms with van der Waals surface area (Å²) < 4.78 is 0. The Hall–Kier alpha value is -0.160. The Morgan fingerprint density at radius 3 is 2.70 bits per heavy atom. The fourth-order valence-electron chi connectivity index (χ4n) is 3.56. The molecule has 20 heavy (non-hydrogen) atoms. The Labute approximate surface area is 125 Å². The van der Waals surface area contributed by atoms with Gasteiger partial charge in [0.1, 0.15) is 0 Å². The molecule has 0 saturated carbocycles. The molecule has 0 spiro atoms. The van der Waals surface area contributed by atoms with E-state index in [4.69, 9.17) is 0 Å². The molecule has 1 N–H and O–H groups in total. The third kappa shape index (κ3) is 4.99. The second-order valence-electron chi connectivity index (χ2n) is 6.26. The highest BCUT2D eigenvalue weighted by Crippen LogP contribution is 2.20. The standard InChI is InChI=1S/C16H34N4/c1-3-18(4-2)11-8-17-9-12-19-13-14-20-10-6-5-7-16(20)15-19/h16-17H,3-15H2,1-2H3. The summed E-state index contributed by atoms with van der Waals surface area (Å²) in [5.74, 6) is 0. The second kappa shape index (κ2) is 8.98. The maximum Gasteiger partial charge on any atom is 0.0223 e. The predicted molar refractivity (Wildman–Crippen MR) is 86.3 cm³/mol. The quantitative estimate of drug-likeness (QED) is 0.673. The first-order valence-corrected chi connectivity index (χ1v) is 8.73. The summed E-state index contributed by atoms with van der Waals surface area (Å²) >= 11 is 0. The van der Waals surface area contributed by atoms with Gasteiger partial charge in [-0.05, 0) is 32.5 Å². The van der Waals surface area contributed by atoms with Crippen molar-refractivity contribution in [2.24, 2.45) is 0 Å². The van der Waals surface area contributed by atoms with Crippen LogP contribution in [-0.4, -0.2) is 86.2 Å². The fraction of sp³-hybridized carbons (Fsp3) is 1.00. The van der Waals surface area contributed by atoms with E-state index >= 15 is 0 Å². The smallest absolute Gasteiger partial charge is 0.0223 e. The molecule has 2 aliphatic rings. The number of likely N-dealkylation sites (N-methyl/N-ethyl adjacent to an activating group) is 1. The molecule has 1 atom stereocenters. The van der Waals surface area contributed by atoms with Gasteiger partial charge in [-0.15, -0.1) is 0 Å². The zero-order valence-electron chi connectivity index (χ0n) is 13.6. The topological polar surface area (TPSA) is 21.8 Å². The van der Waals surface area contributed by atoms with Crippen molar-refractivity contribution in [2.45, 2.75) is 39.2 Å². The van der Waals surface area contributed by atoms with Crippen LogP contribution in [0.25, 0.3) is 0 Å². The molecule has 0 bridgehead atoms. The van der Waals surface area contributed by atoms with E-state index < -0.39 is 0 Å². The van der Waals surface area contributed by atoms with E-state index in [1.54, 1.807) is 0 Å². The molecule has 0 aromatic rings. The number of hydrogen-bond acceptors (Lipinski definition) is 4. The van der Waals surface area contributed by atoms with Crippen LogP contribution in [-0.2, 0) is 0 Å². The zero-order chi connectivity index (χ0) is 14.2. The number of piperidine rings is 1. The Balaban J connectivity index is 1.54. The van der Waals surface area contributed by atoms with Crippen LogP contribution in [0.3, 0.4) is 0 Å². The summed E-state index contributed by atoms with van der Waals surface area (Å²) in [4.78, 5) is 7.86. The van der Waals surface area contributed by atoms with E-state index in [0.29, 0.717) is 0 Å². The van der Waals surface area contributed by atoms with Gasteiger partial charge in [-0.1, -0.05) is 20.3 Å². The molecule has 2 aliphatic heterocycles. The first kappa shape index (κ1) is 16.2. The van der Waals surface area contributed by atoms with Crippen molar-refractivity contribution in [3.63, 3.8) is 0 Å². The van der Waals surface area contributed by atoms with Gasteiger partial charge in [0.15, 0.2) is 0 Å². The first-order chi connectivity index (χ1) is 9.83. The van der Waals surface area contributed by atoms with Crippen LogP contribution in [0.15, 0.2) is 0 Å². The van der Waals surface area contributed by atoms with E-state index in [2.05, 4.69) is 33.9 Å². The van der Waals surface area contributed by atoms with Crippen LogP contribution < -0.4 is 5.32 Å². The number of nitrogens with one attached hydrogen (secondary N) is 1. The van der Waals surface area contributed by atoms with Crippen LogP contribution in [0.5, 0.6) is 0 Å². The van der Waals surface area contributed by atoms with E-state index in [0.717, 1.165) is 19.1 Å². The Bertz CT molecular complexity index is 255. The van der Waals surface area contributed by atoms with E-state index in [1.165, 1.54) is 71.6 Å². The van der Waals surface area contributed by atoms with Crippen molar-refractivity contribution in [3.8, 4) is 0 Å². The summed E-state index contributed by atoms with van der Waals surface area (Å²) in [6, 6.07) is 0.855. The van der Waals surface area contributed by atoms with Crippen LogP contribution >= 0.6 is 0 Å². The number of fused-ring (bicyclic) bond motifs is 1. The lowest BCUT2D eigenvalue weighted by Crippen LogP contribution is -2.55. The van der Waals surface area contributed by atoms with Gasteiger partial charge in [-0.3, -0.25) is 9.80 Å². The average molecular weight is 282 g/mol. The predicted octanol–water partition coefficient (Wildman–Crippen LogP) is 1.09. The summed E-state index contributed by atoms with van der Waals surface area (Å²) in [7, 11) is 0. The molecule has 118 valence electrons. The highest BCUT2D eigenvalue weighted by Gasteiger charge is 2.28. The molecule has 0 amide bonds. The van der Waals surface area contributed by atoms with Crippen molar-refractivity contribution in [1.29, 1.82) is 0 Å². The minimum absolute atomic E-state index is 0.855. The number of rotatable bonds is 8. The lowest BCUT2D eigenvalue weighted by Gasteiger charge is -2.44. The molecule has 4 nitrogen and oxygen atoms in total. The fourth-order valence-corrected chi connectivity index (χ4v) is 3.56. The van der Waals surface area contributed by atoms with Crippen molar-refractivity contribution < 1.29 is 0 Å². The van der Waals surface area contributed by atoms with E-state index in [1.807, 2.05) is 0 Å². The Morgan fingerprint density at radius 1 is 1.05 bits per heavy atom. The monoisotopic (exact) mass is 282 g/mol. The zero-order valence-corrected chi connectivity index (χ0v) is 13.6. The third-order valence-electron chi connectivity index (χ3n) is 5.03. The van der Waals surface area contributed by atoms with Crippen molar-refractivity contribution in [2.75, 3.05) is 65.4 Å². The SMILES string of the molecule is CCN(CC)CCNCCN1CCN2CCCCC2C1. The molecule has 0 aliphatic carbocycles. The molecule has 2 rings (SSSR count). The van der Waals surface area contributed by atoms with Gasteiger partial charge in [-0.2, -0.15) is 0 Å². The molecule has 2 heterocycles. The van der Waals surface area contributed by atoms with Crippen LogP contribution in [0.2, 0.25) is 0 Å². The molecule has 2 saturated heterocycles. The van der Waals surface area contributed by atoms with Crippen LogP contribution in [0.1, 0.15) is 33.1 Å². The summed E-state index contributed by atoms with van der Waals surface area (Å²) in [5, 5.41) is 3.61. The third-order valence-corrected chi connectivity index (χ3v) is 5.03. The van der Waals surface area contributed by atoms with Crippen molar-refractivity contribution >= 4 is 0 Å². The molecule has 0 radical (unpaired) electrons. The molecule has 1 unspecified atom stereocenters. The molecule has 2 fully saturated rings. The minimum atomic E-state index is 0.855. The van der Waals surface area contributed by atoms with Gasteiger partial charge < -0.3 is 10.2 Å². The number of hydrogen-bond donors (Lipinski definition) is 1. The van der Waals surface area contributed by atoms with Gasteiger partial charge in [0.2, 0.25) is 0 Å².